The molecular formula is C59H102NO8P. The van der Waals surface area contributed by atoms with Gasteiger partial charge in [0, 0.05) is 13.0 Å². The van der Waals surface area contributed by atoms with Crippen LogP contribution in [0, 0.1) is 0 Å². The van der Waals surface area contributed by atoms with Gasteiger partial charge in [-0.25, -0.2) is 4.57 Å². The van der Waals surface area contributed by atoms with E-state index in [1.54, 1.807) is 6.08 Å². The van der Waals surface area contributed by atoms with Crippen LogP contribution in [-0.4, -0.2) is 49.3 Å². The van der Waals surface area contributed by atoms with Crippen LogP contribution in [0.3, 0.4) is 0 Å². The van der Waals surface area contributed by atoms with Crippen molar-refractivity contribution in [2.75, 3.05) is 26.4 Å². The first kappa shape index (κ1) is 65.9. The normalized spacial score (nSPS) is 13.9. The predicted molar refractivity (Wildman–Crippen MR) is 293 cm³/mol. The van der Waals surface area contributed by atoms with Crippen molar-refractivity contribution in [1.29, 1.82) is 0 Å². The molecule has 2 unspecified atom stereocenters. The van der Waals surface area contributed by atoms with Crippen molar-refractivity contribution in [1.82, 2.24) is 0 Å². The SMILES string of the molecule is CC/C=C\C/C=C\C/C=C\C/C=C\C/C=C\CC(=O)OC(COC(=O)CCCCCCCCCCCCCCCCCCCC/C=C\C/C=C\C/C=C\CCCCCCC)COP(=O)(O)OCCN. The van der Waals surface area contributed by atoms with Gasteiger partial charge < -0.3 is 20.1 Å². The Balaban J connectivity index is 3.94. The number of nitrogens with two attached hydrogens (primary N) is 1. The molecule has 0 aliphatic rings. The summed E-state index contributed by atoms with van der Waals surface area (Å²) in [5.74, 6) is -0.976. The minimum absolute atomic E-state index is 0.00492. The first-order valence-electron chi connectivity index (χ1n) is 27.7. The van der Waals surface area contributed by atoms with Crippen LogP contribution in [0.15, 0.2) is 97.2 Å². The van der Waals surface area contributed by atoms with E-state index in [1.807, 2.05) is 12.2 Å². The molecule has 3 N–H and O–H groups in total. The Bertz CT molecular complexity index is 1450. The van der Waals surface area contributed by atoms with Gasteiger partial charge in [0.15, 0.2) is 6.10 Å². The molecule has 0 radical (unpaired) electrons. The van der Waals surface area contributed by atoms with E-state index in [0.717, 1.165) is 57.8 Å². The van der Waals surface area contributed by atoms with Crippen molar-refractivity contribution in [3.8, 4) is 0 Å². The highest BCUT2D eigenvalue weighted by molar-refractivity contribution is 7.47. The summed E-state index contributed by atoms with van der Waals surface area (Å²) >= 11 is 0. The molecule has 0 aromatic carbocycles. The topological polar surface area (TPSA) is 134 Å². The molecule has 0 fully saturated rings. The minimum atomic E-state index is -4.41. The van der Waals surface area contributed by atoms with Crippen LogP contribution in [0.5, 0.6) is 0 Å². The van der Waals surface area contributed by atoms with Gasteiger partial charge in [0.1, 0.15) is 6.61 Å². The number of carbonyl (C=O) groups excluding carboxylic acids is 2. The smallest absolute Gasteiger partial charge is 0.462 e. The molecular weight excluding hydrogens is 882 g/mol. The number of phosphoric ester groups is 1. The highest BCUT2D eigenvalue weighted by atomic mass is 31.2. The van der Waals surface area contributed by atoms with E-state index >= 15 is 0 Å². The average Bonchev–Trinajstić information content (AvgIpc) is 3.34. The quantitative estimate of drug-likeness (QED) is 0.0264. The van der Waals surface area contributed by atoms with Crippen LogP contribution >= 0.6 is 7.82 Å². The molecule has 0 aliphatic heterocycles. The van der Waals surface area contributed by atoms with Gasteiger partial charge in [-0.3, -0.25) is 18.6 Å². The van der Waals surface area contributed by atoms with Gasteiger partial charge in [-0.2, -0.15) is 0 Å². The largest absolute Gasteiger partial charge is 0.472 e. The summed E-state index contributed by atoms with van der Waals surface area (Å²) in [5, 5.41) is 0. The van der Waals surface area contributed by atoms with Crippen LogP contribution in [0.2, 0.25) is 0 Å². The van der Waals surface area contributed by atoms with Gasteiger partial charge in [0.05, 0.1) is 19.6 Å². The summed E-state index contributed by atoms with van der Waals surface area (Å²) in [4.78, 5) is 35.0. The molecule has 0 spiro atoms. The molecule has 0 saturated heterocycles. The van der Waals surface area contributed by atoms with Gasteiger partial charge >= 0.3 is 19.8 Å². The fourth-order valence-corrected chi connectivity index (χ4v) is 8.19. The van der Waals surface area contributed by atoms with Gasteiger partial charge in [-0.15, -0.1) is 0 Å². The van der Waals surface area contributed by atoms with E-state index in [1.165, 1.54) is 141 Å². The highest BCUT2D eigenvalue weighted by Gasteiger charge is 2.25. The van der Waals surface area contributed by atoms with E-state index < -0.39 is 32.5 Å². The number of hydrogen-bond acceptors (Lipinski definition) is 8. The number of rotatable bonds is 51. The monoisotopic (exact) mass is 984 g/mol. The molecule has 396 valence electrons. The number of phosphoric acid groups is 1. The van der Waals surface area contributed by atoms with Crippen molar-refractivity contribution < 1.29 is 37.6 Å². The van der Waals surface area contributed by atoms with E-state index in [9.17, 15) is 19.0 Å². The lowest BCUT2D eigenvalue weighted by Gasteiger charge is -2.19. The lowest BCUT2D eigenvalue weighted by molar-refractivity contribution is -0.160. The summed E-state index contributed by atoms with van der Waals surface area (Å²) < 4.78 is 32.8. The Hall–Kier alpha value is -3.07. The Morgan fingerprint density at radius 2 is 0.841 bits per heavy atom. The number of allylic oxidation sites excluding steroid dienone is 15. The molecule has 0 saturated carbocycles. The van der Waals surface area contributed by atoms with Crippen LogP contribution < -0.4 is 5.73 Å². The Morgan fingerprint density at radius 1 is 0.464 bits per heavy atom. The third kappa shape index (κ3) is 54.1. The van der Waals surface area contributed by atoms with Crippen molar-refractivity contribution in [3.63, 3.8) is 0 Å². The number of carbonyl (C=O) groups is 2. The lowest BCUT2D eigenvalue weighted by Crippen LogP contribution is -2.29. The van der Waals surface area contributed by atoms with Crippen LogP contribution in [0.1, 0.15) is 232 Å². The molecule has 0 heterocycles. The lowest BCUT2D eigenvalue weighted by atomic mass is 10.0. The third-order valence-electron chi connectivity index (χ3n) is 11.5. The van der Waals surface area contributed by atoms with E-state index in [4.69, 9.17) is 24.3 Å². The van der Waals surface area contributed by atoms with Gasteiger partial charge in [-0.1, -0.05) is 239 Å². The molecule has 0 amide bonds. The summed E-state index contributed by atoms with van der Waals surface area (Å²) in [7, 11) is -4.41. The van der Waals surface area contributed by atoms with Crippen molar-refractivity contribution >= 4 is 19.8 Å². The Morgan fingerprint density at radius 3 is 1.26 bits per heavy atom. The molecule has 0 aromatic heterocycles. The number of esters is 2. The maximum Gasteiger partial charge on any atom is 0.472 e. The molecule has 0 bridgehead atoms. The summed E-state index contributed by atoms with van der Waals surface area (Å²) in [6.07, 6.45) is 72.3. The first-order valence-corrected chi connectivity index (χ1v) is 29.2. The predicted octanol–water partition coefficient (Wildman–Crippen LogP) is 17.3. The molecule has 10 heteroatoms. The van der Waals surface area contributed by atoms with Gasteiger partial charge in [-0.05, 0) is 77.0 Å². The number of unbranched alkanes of at least 4 members (excludes halogenated alkanes) is 23. The first-order chi connectivity index (χ1) is 33.8. The fourth-order valence-electron chi connectivity index (χ4n) is 7.42. The van der Waals surface area contributed by atoms with E-state index in [-0.39, 0.29) is 32.6 Å². The maximum absolute atomic E-state index is 12.6. The summed E-state index contributed by atoms with van der Waals surface area (Å²) in [5.41, 5.74) is 5.36. The summed E-state index contributed by atoms with van der Waals surface area (Å²) in [6, 6.07) is 0. The fraction of sp³-hybridized carbons (Fsp3) is 0.695. The standard InChI is InChI=1S/C59H102NO8P/c1-3-5-7-9-11-13-15-17-19-20-21-22-23-24-25-26-27-28-29-30-31-32-33-34-35-36-38-39-41-43-45-47-49-51-58(61)65-55-57(56-67-69(63,64)66-54-53-60)68-59(62)52-50-48-46-44-42-40-37-18-16-14-12-10-8-6-4-2/h6,8,12,14-15,17-18,20-21,23-24,37,42,44,48,50,57H,3-5,7,9-11,13,16,19,22,25-36,38-41,43,45-47,49,51-56,60H2,1-2H3,(H,63,64)/b8-6-,14-12-,17-15-,21-20-,24-23-,37-18-,44-42-,50-48-. The third-order valence-corrected chi connectivity index (χ3v) is 12.5. The number of hydrogen-bond donors (Lipinski definition) is 2. The second kappa shape index (κ2) is 54.3. The zero-order valence-electron chi connectivity index (χ0n) is 44.0. The zero-order chi connectivity index (χ0) is 50.2. The van der Waals surface area contributed by atoms with Crippen molar-refractivity contribution in [2.24, 2.45) is 5.73 Å². The van der Waals surface area contributed by atoms with E-state index in [2.05, 4.69) is 92.8 Å². The van der Waals surface area contributed by atoms with E-state index in [0.29, 0.717) is 6.42 Å². The summed E-state index contributed by atoms with van der Waals surface area (Å²) in [6.45, 7) is 3.50. The Labute approximate surface area is 423 Å². The minimum Gasteiger partial charge on any atom is -0.462 e. The van der Waals surface area contributed by atoms with Crippen LogP contribution in [-0.2, 0) is 32.7 Å². The van der Waals surface area contributed by atoms with Crippen molar-refractivity contribution in [3.05, 3.63) is 97.2 Å². The van der Waals surface area contributed by atoms with Gasteiger partial charge in [0.25, 0.3) is 0 Å². The second-order valence-corrected chi connectivity index (χ2v) is 19.5. The van der Waals surface area contributed by atoms with Crippen LogP contribution in [0.4, 0.5) is 0 Å². The second-order valence-electron chi connectivity index (χ2n) is 18.1. The highest BCUT2D eigenvalue weighted by Crippen LogP contribution is 2.43. The average molecular weight is 984 g/mol. The van der Waals surface area contributed by atoms with Crippen molar-refractivity contribution in [2.45, 2.75) is 238 Å². The zero-order valence-corrected chi connectivity index (χ0v) is 44.9. The molecule has 0 aliphatic carbocycles. The van der Waals surface area contributed by atoms with Gasteiger partial charge in [0.2, 0.25) is 0 Å². The Kier molecular flexibility index (Phi) is 51.9. The molecule has 2 atom stereocenters. The number of ether oxygens (including phenoxy) is 2. The maximum atomic E-state index is 12.6. The molecule has 69 heavy (non-hydrogen) atoms. The molecule has 9 nitrogen and oxygen atoms in total. The van der Waals surface area contributed by atoms with Crippen LogP contribution in [0.25, 0.3) is 0 Å². The molecule has 0 aromatic rings. The molecule has 0 rings (SSSR count).